The third kappa shape index (κ3) is 3.71. The van der Waals surface area contributed by atoms with Crippen LogP contribution in [0, 0.1) is 11.3 Å². The highest BCUT2D eigenvalue weighted by Crippen LogP contribution is 2.29. The second-order valence-electron chi connectivity index (χ2n) is 5.28. The number of fused-ring (bicyclic) bond motifs is 1. The number of anilines is 1. The number of carbonyl (C=O) groups excluding carboxylic acids is 1. The number of benzene rings is 2. The third-order valence-electron chi connectivity index (χ3n) is 3.55. The van der Waals surface area contributed by atoms with Gasteiger partial charge in [0.2, 0.25) is 9.84 Å². The molecule has 1 aliphatic rings. The number of hydrogen-bond donors (Lipinski definition) is 1. The highest BCUT2D eigenvalue weighted by molar-refractivity contribution is 9.10. The maximum atomic E-state index is 12.3. The normalized spacial score (nSPS) is 14.6. The molecule has 0 unspecified atom stereocenters. The van der Waals surface area contributed by atoms with Crippen LogP contribution in [-0.4, -0.2) is 14.3 Å². The molecule has 5 nitrogen and oxygen atoms in total. The lowest BCUT2D eigenvalue weighted by Crippen LogP contribution is -2.13. The molecule has 124 valence electrons. The van der Waals surface area contributed by atoms with Crippen molar-refractivity contribution in [3.8, 4) is 6.07 Å². The van der Waals surface area contributed by atoms with Crippen molar-refractivity contribution in [1.82, 2.24) is 0 Å². The van der Waals surface area contributed by atoms with Crippen LogP contribution >= 0.6 is 15.9 Å². The van der Waals surface area contributed by atoms with Gasteiger partial charge in [-0.2, -0.15) is 5.26 Å². The molecule has 0 saturated carbocycles. The maximum Gasteiger partial charge on any atom is 0.266 e. The highest BCUT2D eigenvalue weighted by Gasteiger charge is 2.21. The molecule has 0 fully saturated rings. The first-order valence-corrected chi connectivity index (χ1v) is 9.49. The molecule has 0 aromatic heterocycles. The topological polar surface area (TPSA) is 87.0 Å². The van der Waals surface area contributed by atoms with Gasteiger partial charge < -0.3 is 5.32 Å². The Kier molecular flexibility index (Phi) is 4.57. The van der Waals surface area contributed by atoms with E-state index in [2.05, 4.69) is 21.2 Å². The smallest absolute Gasteiger partial charge is 0.266 e. The van der Waals surface area contributed by atoms with Crippen molar-refractivity contribution in [1.29, 1.82) is 5.26 Å². The molecule has 1 heterocycles. The Labute approximate surface area is 153 Å². The minimum Gasteiger partial charge on any atom is -0.321 e. The molecular weight excluding hydrogens is 404 g/mol. The molecule has 0 spiro atoms. The summed E-state index contributed by atoms with van der Waals surface area (Å²) in [6, 6.07) is 13.6. The lowest BCUT2D eigenvalue weighted by Gasteiger charge is -2.07. The first-order chi connectivity index (χ1) is 11.9. The summed E-state index contributed by atoms with van der Waals surface area (Å²) in [6.45, 7) is 0. The van der Waals surface area contributed by atoms with Crippen molar-refractivity contribution in [3.05, 3.63) is 69.0 Å². The molecule has 2 aromatic rings. The summed E-state index contributed by atoms with van der Waals surface area (Å²) in [4.78, 5) is 12.4. The Bertz CT molecular complexity index is 1060. The lowest BCUT2D eigenvalue weighted by molar-refractivity contribution is -0.112. The summed E-state index contributed by atoms with van der Waals surface area (Å²) in [7, 11) is -3.46. The molecule has 1 amide bonds. The molecular formula is C18H11BrN2O3S. The van der Waals surface area contributed by atoms with E-state index in [1.807, 2.05) is 6.07 Å². The zero-order chi connectivity index (χ0) is 18.0. The highest BCUT2D eigenvalue weighted by atomic mass is 79.9. The number of carbonyl (C=O) groups is 1. The van der Waals surface area contributed by atoms with Gasteiger partial charge in [0, 0.05) is 15.6 Å². The number of rotatable bonds is 3. The molecule has 0 bridgehead atoms. The molecule has 7 heteroatoms. The summed E-state index contributed by atoms with van der Waals surface area (Å²) in [5.41, 5.74) is 1.51. The quantitative estimate of drug-likeness (QED) is 0.611. The SMILES string of the molecule is N#C/C(=C\c1ccc(Br)cc1)C(=O)Nc1ccc2c(c1)S(=O)(=O)C=C2. The van der Waals surface area contributed by atoms with E-state index in [0.29, 0.717) is 16.8 Å². The number of amides is 1. The number of nitrogens with one attached hydrogen (secondary N) is 1. The number of nitriles is 1. The first kappa shape index (κ1) is 17.1. The van der Waals surface area contributed by atoms with Crippen molar-refractivity contribution in [2.75, 3.05) is 5.32 Å². The summed E-state index contributed by atoms with van der Waals surface area (Å²) in [5.74, 6) is -0.603. The molecule has 0 aliphatic carbocycles. The third-order valence-corrected chi connectivity index (χ3v) is 5.54. The van der Waals surface area contributed by atoms with Gasteiger partial charge in [-0.1, -0.05) is 34.1 Å². The first-order valence-electron chi connectivity index (χ1n) is 7.15. The average molecular weight is 415 g/mol. The van der Waals surface area contributed by atoms with Gasteiger partial charge in [-0.25, -0.2) is 8.42 Å². The van der Waals surface area contributed by atoms with Gasteiger partial charge in [-0.3, -0.25) is 4.79 Å². The largest absolute Gasteiger partial charge is 0.321 e. The van der Waals surface area contributed by atoms with E-state index in [9.17, 15) is 18.5 Å². The Morgan fingerprint density at radius 1 is 1.16 bits per heavy atom. The van der Waals surface area contributed by atoms with E-state index in [0.717, 1.165) is 9.88 Å². The fourth-order valence-corrected chi connectivity index (χ4v) is 3.80. The lowest BCUT2D eigenvalue weighted by atomic mass is 10.1. The van der Waals surface area contributed by atoms with Crippen LogP contribution in [0.1, 0.15) is 11.1 Å². The van der Waals surface area contributed by atoms with E-state index in [1.165, 1.54) is 18.2 Å². The predicted octanol–water partition coefficient (Wildman–Crippen LogP) is 3.75. The van der Waals surface area contributed by atoms with Crippen molar-refractivity contribution in [2.45, 2.75) is 4.90 Å². The van der Waals surface area contributed by atoms with E-state index in [1.54, 1.807) is 36.4 Å². The van der Waals surface area contributed by atoms with Crippen LogP contribution in [-0.2, 0) is 14.6 Å². The number of hydrogen-bond acceptors (Lipinski definition) is 4. The Morgan fingerprint density at radius 2 is 1.88 bits per heavy atom. The Morgan fingerprint density at radius 3 is 2.56 bits per heavy atom. The van der Waals surface area contributed by atoms with Gasteiger partial charge in [-0.05, 0) is 47.5 Å². The minimum absolute atomic E-state index is 0.0798. The molecule has 3 rings (SSSR count). The van der Waals surface area contributed by atoms with Gasteiger partial charge >= 0.3 is 0 Å². The summed E-state index contributed by atoms with van der Waals surface area (Å²) < 4.78 is 24.7. The van der Waals surface area contributed by atoms with Gasteiger partial charge in [0.15, 0.2) is 0 Å². The zero-order valence-electron chi connectivity index (χ0n) is 12.7. The van der Waals surface area contributed by atoms with Crippen LogP contribution in [0.4, 0.5) is 5.69 Å². The standard InChI is InChI=1S/C18H11BrN2O3S/c19-15-4-1-12(2-5-15)9-14(11-20)18(22)21-16-6-3-13-7-8-25(23,24)17(13)10-16/h1-10H,(H,21,22)/b14-9+. The average Bonchev–Trinajstić information content (AvgIpc) is 2.89. The molecule has 25 heavy (non-hydrogen) atoms. The fourth-order valence-electron chi connectivity index (χ4n) is 2.31. The molecule has 0 saturated heterocycles. The minimum atomic E-state index is -3.46. The Balaban J connectivity index is 1.84. The van der Waals surface area contributed by atoms with Crippen LogP contribution in [0.2, 0.25) is 0 Å². The van der Waals surface area contributed by atoms with Crippen molar-refractivity contribution in [2.24, 2.45) is 0 Å². The van der Waals surface area contributed by atoms with Gasteiger partial charge in [0.05, 0.1) is 4.90 Å². The van der Waals surface area contributed by atoms with E-state index >= 15 is 0 Å². The van der Waals surface area contributed by atoms with Crippen molar-refractivity contribution >= 4 is 49.5 Å². The van der Waals surface area contributed by atoms with E-state index in [-0.39, 0.29) is 10.5 Å². The summed E-state index contributed by atoms with van der Waals surface area (Å²) in [6.07, 6.45) is 2.97. The second-order valence-corrected chi connectivity index (χ2v) is 7.99. The molecule has 1 N–H and O–H groups in total. The molecule has 0 atom stereocenters. The van der Waals surface area contributed by atoms with Crippen molar-refractivity contribution < 1.29 is 13.2 Å². The maximum absolute atomic E-state index is 12.3. The van der Waals surface area contributed by atoms with Crippen LogP contribution in [0.3, 0.4) is 0 Å². The van der Waals surface area contributed by atoms with Gasteiger partial charge in [-0.15, -0.1) is 0 Å². The second kappa shape index (κ2) is 6.67. The zero-order valence-corrected chi connectivity index (χ0v) is 15.1. The molecule has 0 radical (unpaired) electrons. The number of sulfone groups is 1. The van der Waals surface area contributed by atoms with Gasteiger partial charge in [0.25, 0.3) is 5.91 Å². The van der Waals surface area contributed by atoms with Crippen LogP contribution in [0.5, 0.6) is 0 Å². The summed E-state index contributed by atoms with van der Waals surface area (Å²) >= 11 is 3.32. The number of nitrogens with zero attached hydrogens (tertiary/aromatic N) is 1. The fraction of sp³-hybridized carbons (Fsp3) is 0. The van der Waals surface area contributed by atoms with Crippen LogP contribution in [0.15, 0.2) is 62.8 Å². The molecule has 2 aromatic carbocycles. The van der Waals surface area contributed by atoms with Crippen molar-refractivity contribution in [3.63, 3.8) is 0 Å². The Hall–Kier alpha value is -2.69. The van der Waals surface area contributed by atoms with E-state index < -0.39 is 15.7 Å². The monoisotopic (exact) mass is 414 g/mol. The van der Waals surface area contributed by atoms with E-state index in [4.69, 9.17) is 0 Å². The summed E-state index contributed by atoms with van der Waals surface area (Å²) in [5, 5.41) is 12.9. The van der Waals surface area contributed by atoms with Crippen LogP contribution in [0.25, 0.3) is 12.2 Å². The number of halogens is 1. The molecule has 1 aliphatic heterocycles. The van der Waals surface area contributed by atoms with Gasteiger partial charge in [0.1, 0.15) is 11.6 Å². The predicted molar refractivity (Wildman–Crippen MR) is 99.0 cm³/mol. The van der Waals surface area contributed by atoms with Crippen LogP contribution < -0.4 is 5.32 Å².